The maximum atomic E-state index is 11.5. The van der Waals surface area contributed by atoms with Crippen molar-refractivity contribution in [2.24, 2.45) is 0 Å². The van der Waals surface area contributed by atoms with Crippen molar-refractivity contribution in [2.45, 2.75) is 6.92 Å². The third-order valence-electron chi connectivity index (χ3n) is 2.06. The third kappa shape index (κ3) is 1.72. The van der Waals surface area contributed by atoms with Gasteiger partial charge in [0.2, 0.25) is 0 Å². The van der Waals surface area contributed by atoms with E-state index in [0.717, 1.165) is 10.9 Å². The summed E-state index contributed by atoms with van der Waals surface area (Å²) in [7, 11) is 5.60. The molecule has 0 aliphatic carbocycles. The van der Waals surface area contributed by atoms with Gasteiger partial charge in [-0.3, -0.25) is 5.10 Å². The molecule has 0 amide bonds. The number of aromatic nitrogens is 2. The van der Waals surface area contributed by atoms with Crippen LogP contribution in [-0.4, -0.2) is 30.6 Å². The molecular formula is C10H9BN2O2. The summed E-state index contributed by atoms with van der Waals surface area (Å²) in [4.78, 5) is 11.5. The zero-order chi connectivity index (χ0) is 10.8. The fraction of sp³-hybridized carbons (Fsp3) is 0.200. The van der Waals surface area contributed by atoms with Crippen LogP contribution in [0.5, 0.6) is 0 Å². The van der Waals surface area contributed by atoms with Crippen LogP contribution in [0.2, 0.25) is 0 Å². The second kappa shape index (κ2) is 3.77. The van der Waals surface area contributed by atoms with Gasteiger partial charge < -0.3 is 4.74 Å². The smallest absolute Gasteiger partial charge is 0.359 e. The number of nitrogens with zero attached hydrogens (tertiary/aromatic N) is 1. The van der Waals surface area contributed by atoms with Gasteiger partial charge >= 0.3 is 5.97 Å². The van der Waals surface area contributed by atoms with Crippen molar-refractivity contribution in [1.82, 2.24) is 10.2 Å². The van der Waals surface area contributed by atoms with Gasteiger partial charge in [0.25, 0.3) is 0 Å². The Morgan fingerprint density at radius 2 is 2.40 bits per heavy atom. The van der Waals surface area contributed by atoms with Crippen LogP contribution in [0.3, 0.4) is 0 Å². The number of carbonyl (C=O) groups is 1. The minimum Gasteiger partial charge on any atom is -0.461 e. The molecule has 74 valence electrons. The molecule has 0 fully saturated rings. The zero-order valence-electron chi connectivity index (χ0n) is 8.28. The summed E-state index contributed by atoms with van der Waals surface area (Å²) < 4.78 is 4.87. The lowest BCUT2D eigenvalue weighted by Gasteiger charge is -1.98. The summed E-state index contributed by atoms with van der Waals surface area (Å²) in [6, 6.07) is 5.20. The van der Waals surface area contributed by atoms with E-state index < -0.39 is 5.97 Å². The van der Waals surface area contributed by atoms with Crippen molar-refractivity contribution in [3.05, 3.63) is 23.9 Å². The summed E-state index contributed by atoms with van der Waals surface area (Å²) >= 11 is 0. The van der Waals surface area contributed by atoms with E-state index in [1.165, 1.54) is 0 Å². The first-order valence-corrected chi connectivity index (χ1v) is 4.63. The molecule has 2 radical (unpaired) electrons. The number of carbonyl (C=O) groups excluding carboxylic acids is 1. The van der Waals surface area contributed by atoms with Crippen LogP contribution in [0.15, 0.2) is 18.2 Å². The molecule has 0 bridgehead atoms. The van der Waals surface area contributed by atoms with Crippen LogP contribution in [0, 0.1) is 0 Å². The number of esters is 1. The van der Waals surface area contributed by atoms with E-state index in [1.54, 1.807) is 25.1 Å². The number of nitrogens with one attached hydrogen (secondary N) is 1. The van der Waals surface area contributed by atoms with Crippen LogP contribution < -0.4 is 5.46 Å². The number of benzene rings is 1. The summed E-state index contributed by atoms with van der Waals surface area (Å²) in [5.74, 6) is -0.423. The van der Waals surface area contributed by atoms with Gasteiger partial charge in [0.05, 0.1) is 12.1 Å². The molecule has 0 spiro atoms. The van der Waals surface area contributed by atoms with Gasteiger partial charge in [0.1, 0.15) is 7.85 Å². The van der Waals surface area contributed by atoms with Crippen molar-refractivity contribution < 1.29 is 9.53 Å². The number of fused-ring (bicyclic) bond motifs is 1. The Morgan fingerprint density at radius 3 is 3.13 bits per heavy atom. The predicted octanol–water partition coefficient (Wildman–Crippen LogP) is 0.533. The largest absolute Gasteiger partial charge is 0.461 e. The maximum Gasteiger partial charge on any atom is 0.359 e. The number of H-pyrrole nitrogens is 1. The molecule has 2 rings (SSSR count). The first-order valence-electron chi connectivity index (χ1n) is 4.63. The average molecular weight is 200 g/mol. The van der Waals surface area contributed by atoms with E-state index in [9.17, 15) is 4.79 Å². The number of ether oxygens (including phenoxy) is 1. The number of aromatic amines is 1. The van der Waals surface area contributed by atoms with Crippen molar-refractivity contribution in [3.63, 3.8) is 0 Å². The van der Waals surface area contributed by atoms with Gasteiger partial charge in [0.15, 0.2) is 5.69 Å². The molecule has 0 saturated carbocycles. The highest BCUT2D eigenvalue weighted by molar-refractivity contribution is 6.33. The van der Waals surface area contributed by atoms with Gasteiger partial charge in [-0.25, -0.2) is 4.79 Å². The van der Waals surface area contributed by atoms with Gasteiger partial charge in [-0.2, -0.15) is 5.10 Å². The normalized spacial score (nSPS) is 10.5. The Morgan fingerprint density at radius 1 is 1.60 bits per heavy atom. The van der Waals surface area contributed by atoms with Crippen LogP contribution in [0.25, 0.3) is 10.9 Å². The fourth-order valence-corrected chi connectivity index (χ4v) is 1.39. The summed E-state index contributed by atoms with van der Waals surface area (Å²) in [6.07, 6.45) is 0. The quantitative estimate of drug-likeness (QED) is 0.568. The SMILES string of the molecule is [B]c1ccc2c(C(=O)OCC)n[nH]c2c1. The predicted molar refractivity (Wildman–Crippen MR) is 57.4 cm³/mol. The van der Waals surface area contributed by atoms with Crippen LogP contribution in [-0.2, 0) is 4.74 Å². The van der Waals surface area contributed by atoms with E-state index in [-0.39, 0.29) is 0 Å². The first kappa shape index (κ1) is 9.77. The zero-order valence-corrected chi connectivity index (χ0v) is 8.28. The molecule has 5 heteroatoms. The molecule has 0 aliphatic heterocycles. The number of rotatable bonds is 2. The van der Waals surface area contributed by atoms with Crippen LogP contribution in [0.1, 0.15) is 17.4 Å². The Bertz CT molecular complexity index is 507. The molecule has 0 aliphatic rings. The Labute approximate surface area is 88.0 Å². The summed E-state index contributed by atoms with van der Waals surface area (Å²) in [5.41, 5.74) is 1.66. The van der Waals surface area contributed by atoms with Gasteiger partial charge in [-0.1, -0.05) is 17.6 Å². The minimum absolute atomic E-state index is 0.298. The van der Waals surface area contributed by atoms with Crippen molar-refractivity contribution in [1.29, 1.82) is 0 Å². The van der Waals surface area contributed by atoms with Gasteiger partial charge in [0, 0.05) is 5.39 Å². The lowest BCUT2D eigenvalue weighted by molar-refractivity contribution is 0.0521. The monoisotopic (exact) mass is 200 g/mol. The molecule has 1 aromatic carbocycles. The summed E-state index contributed by atoms with van der Waals surface area (Å²) in [6.45, 7) is 2.09. The molecule has 0 atom stereocenters. The molecule has 2 aromatic rings. The van der Waals surface area contributed by atoms with Gasteiger partial charge in [-0.05, 0) is 13.0 Å². The second-order valence-corrected chi connectivity index (χ2v) is 3.10. The maximum absolute atomic E-state index is 11.5. The van der Waals surface area contributed by atoms with Crippen LogP contribution in [0.4, 0.5) is 0 Å². The van der Waals surface area contributed by atoms with Crippen LogP contribution >= 0.6 is 0 Å². The Balaban J connectivity index is 2.49. The topological polar surface area (TPSA) is 55.0 Å². The number of hydrogen-bond acceptors (Lipinski definition) is 3. The van der Waals surface area contributed by atoms with Crippen molar-refractivity contribution >= 4 is 30.2 Å². The standard InChI is InChI=1S/C10H9BN2O2/c1-2-15-10(14)9-7-4-3-6(11)5-8(7)12-13-9/h3-5H,2H2,1H3,(H,12,13). The molecule has 0 unspecified atom stereocenters. The molecule has 1 N–H and O–H groups in total. The first-order chi connectivity index (χ1) is 7.22. The van der Waals surface area contributed by atoms with E-state index in [1.807, 2.05) is 0 Å². The van der Waals surface area contributed by atoms with Crippen molar-refractivity contribution in [3.8, 4) is 0 Å². The Hall–Kier alpha value is -1.78. The highest BCUT2D eigenvalue weighted by Gasteiger charge is 2.14. The fourth-order valence-electron chi connectivity index (χ4n) is 1.39. The van der Waals surface area contributed by atoms with Crippen molar-refractivity contribution in [2.75, 3.05) is 6.61 Å². The molecule has 1 heterocycles. The van der Waals surface area contributed by atoms with E-state index in [2.05, 4.69) is 10.2 Å². The highest BCUT2D eigenvalue weighted by Crippen LogP contribution is 2.14. The number of hydrogen-bond donors (Lipinski definition) is 1. The second-order valence-electron chi connectivity index (χ2n) is 3.10. The minimum atomic E-state index is -0.423. The van der Waals surface area contributed by atoms with E-state index in [0.29, 0.717) is 17.8 Å². The summed E-state index contributed by atoms with van der Waals surface area (Å²) in [5, 5.41) is 7.36. The van der Waals surface area contributed by atoms with Gasteiger partial charge in [-0.15, -0.1) is 0 Å². The Kier molecular flexibility index (Phi) is 2.45. The molecule has 15 heavy (non-hydrogen) atoms. The lowest BCUT2D eigenvalue weighted by Crippen LogP contribution is -2.05. The third-order valence-corrected chi connectivity index (χ3v) is 2.06. The average Bonchev–Trinajstić information content (AvgIpc) is 2.60. The van der Waals surface area contributed by atoms with E-state index >= 15 is 0 Å². The van der Waals surface area contributed by atoms with E-state index in [4.69, 9.17) is 12.6 Å². The molecule has 1 aromatic heterocycles. The molecule has 0 saturated heterocycles. The highest BCUT2D eigenvalue weighted by atomic mass is 16.5. The molecule has 4 nitrogen and oxygen atoms in total. The molecular weight excluding hydrogens is 191 g/mol. The lowest BCUT2D eigenvalue weighted by atomic mass is 9.95.